The Morgan fingerprint density at radius 3 is 2.38 bits per heavy atom. The van der Waals surface area contributed by atoms with Crippen molar-refractivity contribution in [1.82, 2.24) is 5.32 Å². The van der Waals surface area contributed by atoms with Crippen molar-refractivity contribution in [2.45, 2.75) is 23.1 Å². The van der Waals surface area contributed by atoms with E-state index >= 15 is 0 Å². The van der Waals surface area contributed by atoms with E-state index < -0.39 is 15.9 Å². The van der Waals surface area contributed by atoms with Crippen molar-refractivity contribution >= 4 is 45.0 Å². The van der Waals surface area contributed by atoms with Crippen LogP contribution in [0.15, 0.2) is 88.7 Å². The molecule has 34 heavy (non-hydrogen) atoms. The Labute approximate surface area is 210 Å². The molecule has 0 unspecified atom stereocenters. The Balaban J connectivity index is 1.72. The summed E-state index contributed by atoms with van der Waals surface area (Å²) in [5.41, 5.74) is 0.300. The van der Waals surface area contributed by atoms with E-state index in [4.69, 9.17) is 16.3 Å². The highest BCUT2D eigenvalue weighted by Gasteiger charge is 2.29. The van der Waals surface area contributed by atoms with Gasteiger partial charge in [-0.15, -0.1) is 11.8 Å². The monoisotopic (exact) mass is 518 g/mol. The van der Waals surface area contributed by atoms with Crippen molar-refractivity contribution in [3.05, 3.63) is 83.9 Å². The van der Waals surface area contributed by atoms with Crippen LogP contribution in [0.4, 0.5) is 5.69 Å². The normalized spacial score (nSPS) is 11.1. The molecule has 0 fully saturated rings. The maximum Gasteiger partial charge on any atom is 0.264 e. The van der Waals surface area contributed by atoms with Crippen molar-refractivity contribution in [2.75, 3.05) is 29.8 Å². The predicted octanol–water partition coefficient (Wildman–Crippen LogP) is 5.23. The highest BCUT2D eigenvalue weighted by Crippen LogP contribution is 2.32. The fraction of sp³-hybridized carbons (Fsp3) is 0.240. The molecule has 0 aliphatic carbocycles. The van der Waals surface area contributed by atoms with E-state index in [9.17, 15) is 13.2 Å². The van der Waals surface area contributed by atoms with E-state index in [1.807, 2.05) is 37.3 Å². The summed E-state index contributed by atoms with van der Waals surface area (Å²) in [6.07, 6.45) is 0.755. The number of hydrogen-bond donors (Lipinski definition) is 1. The lowest BCUT2D eigenvalue weighted by molar-refractivity contribution is -0.119. The van der Waals surface area contributed by atoms with Crippen molar-refractivity contribution in [2.24, 2.45) is 0 Å². The van der Waals surface area contributed by atoms with Gasteiger partial charge in [0, 0.05) is 16.5 Å². The summed E-state index contributed by atoms with van der Waals surface area (Å²) in [6.45, 7) is 2.24. The van der Waals surface area contributed by atoms with Crippen LogP contribution < -0.4 is 14.4 Å². The minimum Gasteiger partial charge on any atom is -0.492 e. The van der Waals surface area contributed by atoms with Crippen LogP contribution in [0.2, 0.25) is 5.02 Å². The van der Waals surface area contributed by atoms with Gasteiger partial charge in [-0.05, 0) is 67.6 Å². The molecule has 0 spiro atoms. The Morgan fingerprint density at radius 2 is 1.68 bits per heavy atom. The number of benzene rings is 3. The van der Waals surface area contributed by atoms with E-state index in [0.29, 0.717) is 29.6 Å². The lowest BCUT2D eigenvalue weighted by Gasteiger charge is -2.26. The zero-order valence-corrected chi connectivity index (χ0v) is 21.2. The van der Waals surface area contributed by atoms with E-state index in [1.165, 1.54) is 29.2 Å². The van der Waals surface area contributed by atoms with Crippen LogP contribution in [0.25, 0.3) is 0 Å². The van der Waals surface area contributed by atoms with Gasteiger partial charge in [-0.1, -0.05) is 41.9 Å². The number of thioether (sulfide) groups is 1. The largest absolute Gasteiger partial charge is 0.492 e. The molecule has 0 bridgehead atoms. The van der Waals surface area contributed by atoms with Gasteiger partial charge in [-0.25, -0.2) is 8.42 Å². The first kappa shape index (κ1) is 25.9. The summed E-state index contributed by atoms with van der Waals surface area (Å²) < 4.78 is 33.7. The van der Waals surface area contributed by atoms with E-state index in [1.54, 1.807) is 36.0 Å². The van der Waals surface area contributed by atoms with Crippen LogP contribution in [0.3, 0.4) is 0 Å². The van der Waals surface area contributed by atoms with Gasteiger partial charge in [0.25, 0.3) is 10.0 Å². The lowest BCUT2D eigenvalue weighted by atomic mass is 10.3. The molecule has 3 aromatic rings. The number of para-hydroxylation sites is 2. The Kier molecular flexibility index (Phi) is 9.68. The quantitative estimate of drug-likeness (QED) is 0.262. The first-order valence-corrected chi connectivity index (χ1v) is 13.7. The van der Waals surface area contributed by atoms with Gasteiger partial charge >= 0.3 is 0 Å². The zero-order valence-electron chi connectivity index (χ0n) is 18.8. The standard InChI is InChI=1S/C25H27ClN2O4S2/c1-2-32-24-12-7-6-11-23(24)28(34(30,31)22-15-13-20(26)14-16-22)19-25(29)27-17-8-18-33-21-9-4-3-5-10-21/h3-7,9-16H,2,8,17-19H2,1H3,(H,27,29). The van der Waals surface area contributed by atoms with Gasteiger partial charge in [0.05, 0.1) is 17.2 Å². The maximum absolute atomic E-state index is 13.5. The second-order valence-electron chi connectivity index (χ2n) is 7.23. The first-order valence-electron chi connectivity index (χ1n) is 10.9. The molecule has 0 aromatic heterocycles. The third-order valence-corrected chi connectivity index (χ3v) is 7.90. The molecule has 1 N–H and O–H groups in total. The summed E-state index contributed by atoms with van der Waals surface area (Å²) in [7, 11) is -4.05. The molecule has 6 nitrogen and oxygen atoms in total. The Bertz CT molecular complexity index is 1170. The number of sulfonamides is 1. The van der Waals surface area contributed by atoms with Crippen LogP contribution in [0.5, 0.6) is 5.75 Å². The fourth-order valence-electron chi connectivity index (χ4n) is 3.17. The maximum atomic E-state index is 13.5. The molecular weight excluding hydrogens is 492 g/mol. The van der Waals surface area contributed by atoms with Crippen molar-refractivity contribution in [1.29, 1.82) is 0 Å². The number of hydrogen-bond acceptors (Lipinski definition) is 5. The molecule has 0 saturated carbocycles. The van der Waals surface area contributed by atoms with Crippen LogP contribution in [0.1, 0.15) is 13.3 Å². The number of nitrogens with one attached hydrogen (secondary N) is 1. The molecule has 0 aliphatic heterocycles. The zero-order chi connectivity index (χ0) is 24.4. The van der Waals surface area contributed by atoms with Crippen LogP contribution in [0, 0.1) is 0 Å². The first-order chi connectivity index (χ1) is 16.4. The summed E-state index contributed by atoms with van der Waals surface area (Å²) >= 11 is 7.64. The van der Waals surface area contributed by atoms with Crippen molar-refractivity contribution in [3.63, 3.8) is 0 Å². The second kappa shape index (κ2) is 12.7. The number of anilines is 1. The van der Waals surface area contributed by atoms with Gasteiger partial charge in [0.2, 0.25) is 5.91 Å². The van der Waals surface area contributed by atoms with Crippen LogP contribution in [-0.4, -0.2) is 39.8 Å². The number of carbonyl (C=O) groups excluding carboxylic acids is 1. The number of rotatable bonds is 12. The minimum absolute atomic E-state index is 0.0373. The van der Waals surface area contributed by atoms with E-state index in [0.717, 1.165) is 16.5 Å². The predicted molar refractivity (Wildman–Crippen MR) is 138 cm³/mol. The molecule has 0 heterocycles. The average molecular weight is 519 g/mol. The van der Waals surface area contributed by atoms with Crippen LogP contribution >= 0.6 is 23.4 Å². The van der Waals surface area contributed by atoms with Crippen molar-refractivity contribution < 1.29 is 17.9 Å². The highest BCUT2D eigenvalue weighted by molar-refractivity contribution is 7.99. The summed E-state index contributed by atoms with van der Waals surface area (Å²) in [5.74, 6) is 0.827. The van der Waals surface area contributed by atoms with Gasteiger partial charge in [0.15, 0.2) is 0 Å². The summed E-state index contributed by atoms with van der Waals surface area (Å²) in [6, 6.07) is 22.7. The average Bonchev–Trinajstić information content (AvgIpc) is 2.84. The molecule has 0 aliphatic rings. The second-order valence-corrected chi connectivity index (χ2v) is 10.7. The topological polar surface area (TPSA) is 75.7 Å². The number of carbonyl (C=O) groups is 1. The Morgan fingerprint density at radius 1 is 1.00 bits per heavy atom. The number of amides is 1. The third kappa shape index (κ3) is 7.16. The molecule has 9 heteroatoms. The molecular formula is C25H27ClN2O4S2. The van der Waals surface area contributed by atoms with E-state index in [-0.39, 0.29) is 11.4 Å². The highest BCUT2D eigenvalue weighted by atomic mass is 35.5. The smallest absolute Gasteiger partial charge is 0.264 e. The third-order valence-electron chi connectivity index (χ3n) is 4.78. The lowest BCUT2D eigenvalue weighted by Crippen LogP contribution is -2.41. The summed E-state index contributed by atoms with van der Waals surface area (Å²) in [4.78, 5) is 14.0. The van der Waals surface area contributed by atoms with Crippen molar-refractivity contribution in [3.8, 4) is 5.75 Å². The molecule has 0 saturated heterocycles. The summed E-state index contributed by atoms with van der Waals surface area (Å²) in [5, 5.41) is 3.26. The van der Waals surface area contributed by atoms with Gasteiger partial charge < -0.3 is 10.1 Å². The molecule has 3 aromatic carbocycles. The molecule has 180 valence electrons. The SMILES string of the molecule is CCOc1ccccc1N(CC(=O)NCCCSc1ccccc1)S(=O)(=O)c1ccc(Cl)cc1. The molecule has 0 radical (unpaired) electrons. The fourth-order valence-corrected chi connectivity index (χ4v) is 5.60. The number of halogens is 1. The number of nitrogens with zero attached hydrogens (tertiary/aromatic N) is 1. The van der Waals surface area contributed by atoms with Gasteiger partial charge in [-0.3, -0.25) is 9.10 Å². The minimum atomic E-state index is -4.05. The van der Waals surface area contributed by atoms with Crippen LogP contribution in [-0.2, 0) is 14.8 Å². The molecule has 0 atom stereocenters. The van der Waals surface area contributed by atoms with Gasteiger partial charge in [0.1, 0.15) is 12.3 Å². The molecule has 1 amide bonds. The Hall–Kier alpha value is -2.68. The van der Waals surface area contributed by atoms with Gasteiger partial charge in [-0.2, -0.15) is 0 Å². The molecule has 3 rings (SSSR count). The number of ether oxygens (including phenoxy) is 1. The van der Waals surface area contributed by atoms with E-state index in [2.05, 4.69) is 5.32 Å².